The van der Waals surface area contributed by atoms with Crippen LogP contribution >= 0.6 is 0 Å². The summed E-state index contributed by atoms with van der Waals surface area (Å²) >= 11 is 0. The fourth-order valence-corrected chi connectivity index (χ4v) is 1.27. The largest absolute Gasteiger partial charge is 0.0991 e. The molecular weight excluding hydrogens is 180 g/mol. The van der Waals surface area contributed by atoms with Crippen LogP contribution in [0.5, 0.6) is 0 Å². The smallest absolute Gasteiger partial charge is 0.0155 e. The Bertz CT molecular complexity index is 343. The molecule has 15 heavy (non-hydrogen) atoms. The minimum Gasteiger partial charge on any atom is -0.0991 e. The molecule has 0 N–H and O–H groups in total. The van der Waals surface area contributed by atoms with Gasteiger partial charge in [0.1, 0.15) is 0 Å². The first-order valence-electron chi connectivity index (χ1n) is 5.30. The predicted octanol–water partition coefficient (Wildman–Crippen LogP) is 4.86. The monoisotopic (exact) mass is 200 g/mol. The van der Waals surface area contributed by atoms with Crippen LogP contribution in [0.15, 0.2) is 43.5 Å². The second-order valence-corrected chi connectivity index (χ2v) is 2.88. The minimum atomic E-state index is 1.16. The fourth-order valence-electron chi connectivity index (χ4n) is 1.27. The fraction of sp³-hybridized carbons (Fsp3) is 0.200. The van der Waals surface area contributed by atoms with Crippen molar-refractivity contribution in [2.24, 2.45) is 0 Å². The first kappa shape index (κ1) is 13.4. The van der Waals surface area contributed by atoms with Crippen LogP contribution in [-0.2, 0) is 0 Å². The van der Waals surface area contributed by atoms with Crippen LogP contribution in [0.25, 0.3) is 12.2 Å². The SMILES string of the molecule is C=C/C=C\c1c(C)cccc1C=C.CC. The van der Waals surface area contributed by atoms with Gasteiger partial charge in [-0.2, -0.15) is 0 Å². The quantitative estimate of drug-likeness (QED) is 0.611. The van der Waals surface area contributed by atoms with E-state index in [0.717, 1.165) is 5.56 Å². The highest BCUT2D eigenvalue weighted by atomic mass is 14.0. The van der Waals surface area contributed by atoms with Gasteiger partial charge in [-0.05, 0) is 23.6 Å². The summed E-state index contributed by atoms with van der Waals surface area (Å²) in [4.78, 5) is 0. The lowest BCUT2D eigenvalue weighted by Gasteiger charge is -2.03. The molecule has 1 rings (SSSR count). The van der Waals surface area contributed by atoms with Crippen molar-refractivity contribution in [3.05, 3.63) is 60.2 Å². The first-order chi connectivity index (χ1) is 7.29. The number of hydrogen-bond acceptors (Lipinski definition) is 0. The van der Waals surface area contributed by atoms with Crippen molar-refractivity contribution in [2.45, 2.75) is 20.8 Å². The van der Waals surface area contributed by atoms with Gasteiger partial charge in [-0.15, -0.1) is 0 Å². The van der Waals surface area contributed by atoms with Crippen molar-refractivity contribution in [3.8, 4) is 0 Å². The minimum absolute atomic E-state index is 1.16. The van der Waals surface area contributed by atoms with Gasteiger partial charge >= 0.3 is 0 Å². The van der Waals surface area contributed by atoms with Crippen molar-refractivity contribution >= 4 is 12.2 Å². The molecule has 0 saturated carbocycles. The Hall–Kier alpha value is -1.56. The second kappa shape index (κ2) is 7.81. The third-order valence-electron chi connectivity index (χ3n) is 1.98. The van der Waals surface area contributed by atoms with Crippen LogP contribution in [0.2, 0.25) is 0 Å². The summed E-state index contributed by atoms with van der Waals surface area (Å²) in [6.45, 7) is 13.5. The van der Waals surface area contributed by atoms with E-state index in [9.17, 15) is 0 Å². The van der Waals surface area contributed by atoms with Gasteiger partial charge in [0.15, 0.2) is 0 Å². The molecule has 0 unspecified atom stereocenters. The topological polar surface area (TPSA) is 0 Å². The third kappa shape index (κ3) is 3.99. The lowest BCUT2D eigenvalue weighted by Crippen LogP contribution is -1.84. The molecule has 1 aromatic carbocycles. The van der Waals surface area contributed by atoms with Gasteiger partial charge in [0.25, 0.3) is 0 Å². The van der Waals surface area contributed by atoms with Crippen molar-refractivity contribution < 1.29 is 0 Å². The number of benzene rings is 1. The van der Waals surface area contributed by atoms with Crippen LogP contribution in [0.1, 0.15) is 30.5 Å². The molecule has 0 amide bonds. The summed E-state index contributed by atoms with van der Waals surface area (Å²) in [5.74, 6) is 0. The lowest BCUT2D eigenvalue weighted by molar-refractivity contribution is 1.43. The summed E-state index contributed by atoms with van der Waals surface area (Å²) in [6.07, 6.45) is 7.64. The van der Waals surface area contributed by atoms with Crippen LogP contribution in [-0.4, -0.2) is 0 Å². The van der Waals surface area contributed by atoms with Gasteiger partial charge in [0, 0.05) is 0 Å². The van der Waals surface area contributed by atoms with Gasteiger partial charge in [0.2, 0.25) is 0 Å². The van der Waals surface area contributed by atoms with Crippen LogP contribution in [0.4, 0.5) is 0 Å². The molecule has 0 spiro atoms. The summed E-state index contributed by atoms with van der Waals surface area (Å²) in [5, 5.41) is 0. The molecule has 0 aliphatic carbocycles. The molecule has 0 nitrogen and oxygen atoms in total. The summed E-state index contributed by atoms with van der Waals surface area (Å²) in [6, 6.07) is 6.19. The highest BCUT2D eigenvalue weighted by molar-refractivity contribution is 5.67. The Morgan fingerprint density at radius 1 is 1.13 bits per heavy atom. The molecule has 0 saturated heterocycles. The Kier molecular flexibility index (Phi) is 7.00. The zero-order chi connectivity index (χ0) is 11.7. The number of allylic oxidation sites excluding steroid dienone is 2. The Labute approximate surface area is 93.7 Å². The van der Waals surface area contributed by atoms with Gasteiger partial charge in [-0.1, -0.05) is 69.5 Å². The highest BCUT2D eigenvalue weighted by Gasteiger charge is 1.97. The Balaban J connectivity index is 0.000000921. The molecule has 0 aliphatic rings. The zero-order valence-corrected chi connectivity index (χ0v) is 9.96. The standard InChI is InChI=1S/C13H14.C2H6/c1-4-6-10-13-11(3)8-7-9-12(13)5-2;1-2/h4-10H,1-2H2,3H3;1-2H3/b10-6-;. The van der Waals surface area contributed by atoms with E-state index >= 15 is 0 Å². The maximum Gasteiger partial charge on any atom is -0.0155 e. The molecule has 0 bridgehead atoms. The van der Waals surface area contributed by atoms with Crippen molar-refractivity contribution in [1.29, 1.82) is 0 Å². The molecular formula is C15H20. The Morgan fingerprint density at radius 2 is 1.80 bits per heavy atom. The average molecular weight is 200 g/mol. The summed E-state index contributed by atoms with van der Waals surface area (Å²) in [5.41, 5.74) is 3.64. The van der Waals surface area contributed by atoms with Gasteiger partial charge < -0.3 is 0 Å². The van der Waals surface area contributed by atoms with Crippen LogP contribution in [0.3, 0.4) is 0 Å². The normalized spacial score (nSPS) is 9.27. The third-order valence-corrected chi connectivity index (χ3v) is 1.98. The van der Waals surface area contributed by atoms with Crippen LogP contribution < -0.4 is 0 Å². The molecule has 0 heterocycles. The molecule has 0 aromatic heterocycles. The molecule has 80 valence electrons. The van der Waals surface area contributed by atoms with E-state index in [1.807, 2.05) is 32.1 Å². The maximum absolute atomic E-state index is 3.78. The second-order valence-electron chi connectivity index (χ2n) is 2.88. The number of rotatable bonds is 3. The van der Waals surface area contributed by atoms with Crippen LogP contribution in [0, 0.1) is 6.92 Å². The number of aryl methyl sites for hydroxylation is 1. The number of hydrogen-bond donors (Lipinski definition) is 0. The van der Waals surface area contributed by atoms with E-state index in [2.05, 4.69) is 38.3 Å². The van der Waals surface area contributed by atoms with Crippen molar-refractivity contribution in [2.75, 3.05) is 0 Å². The van der Waals surface area contributed by atoms with E-state index in [4.69, 9.17) is 0 Å². The van der Waals surface area contributed by atoms with Crippen molar-refractivity contribution in [3.63, 3.8) is 0 Å². The molecule has 0 atom stereocenters. The van der Waals surface area contributed by atoms with E-state index in [0.29, 0.717) is 0 Å². The lowest BCUT2D eigenvalue weighted by atomic mass is 10.0. The average Bonchev–Trinajstić information content (AvgIpc) is 2.30. The predicted molar refractivity (Wildman–Crippen MR) is 71.8 cm³/mol. The molecule has 0 aliphatic heterocycles. The van der Waals surface area contributed by atoms with E-state index < -0.39 is 0 Å². The molecule has 0 radical (unpaired) electrons. The summed E-state index contributed by atoms with van der Waals surface area (Å²) < 4.78 is 0. The van der Waals surface area contributed by atoms with Gasteiger partial charge in [0.05, 0.1) is 0 Å². The van der Waals surface area contributed by atoms with E-state index in [1.165, 1.54) is 11.1 Å². The molecule has 0 fully saturated rings. The molecule has 0 heteroatoms. The molecule has 1 aromatic rings. The van der Waals surface area contributed by atoms with Gasteiger partial charge in [-0.3, -0.25) is 0 Å². The highest BCUT2D eigenvalue weighted by Crippen LogP contribution is 2.16. The maximum atomic E-state index is 3.78. The summed E-state index contributed by atoms with van der Waals surface area (Å²) in [7, 11) is 0. The van der Waals surface area contributed by atoms with E-state index in [1.54, 1.807) is 6.08 Å². The Morgan fingerprint density at radius 3 is 2.33 bits per heavy atom. The van der Waals surface area contributed by atoms with Crippen molar-refractivity contribution in [1.82, 2.24) is 0 Å². The van der Waals surface area contributed by atoms with Gasteiger partial charge in [-0.25, -0.2) is 0 Å². The van der Waals surface area contributed by atoms with E-state index in [-0.39, 0.29) is 0 Å². The zero-order valence-electron chi connectivity index (χ0n) is 9.96. The first-order valence-corrected chi connectivity index (χ1v) is 5.30.